The number of hydrogen-bond donors (Lipinski definition) is 3. The lowest BCUT2D eigenvalue weighted by molar-refractivity contribution is 0.0899. The standard InChI is InChI=1S/C23H27N5O3S/c1-23(2)10-18-19(21(30)27-23)32-22(26-18)28-6-7-31-12-15(28)8-14-11-25-17-5-4-13(9-16(14)17)20(29)24-3/h4-5,9,11,15,25H,6-8,10,12H2,1-3H3,(H,24,29)(H,27,30)/t15-/m0/s1. The number of fused-ring (bicyclic) bond motifs is 2. The first-order valence-electron chi connectivity index (χ1n) is 10.8. The van der Waals surface area contributed by atoms with Gasteiger partial charge >= 0.3 is 0 Å². The van der Waals surface area contributed by atoms with Crippen molar-refractivity contribution in [3.05, 3.63) is 46.1 Å². The van der Waals surface area contributed by atoms with Gasteiger partial charge in [-0.1, -0.05) is 11.3 Å². The van der Waals surface area contributed by atoms with E-state index in [1.165, 1.54) is 11.3 Å². The van der Waals surface area contributed by atoms with Crippen LogP contribution in [0.4, 0.5) is 5.13 Å². The topological polar surface area (TPSA) is 99.3 Å². The Morgan fingerprint density at radius 1 is 1.41 bits per heavy atom. The highest BCUT2D eigenvalue weighted by Gasteiger charge is 2.35. The van der Waals surface area contributed by atoms with Gasteiger partial charge in [-0.3, -0.25) is 9.59 Å². The number of aromatic nitrogens is 2. The van der Waals surface area contributed by atoms with Crippen LogP contribution in [0, 0.1) is 0 Å². The van der Waals surface area contributed by atoms with Crippen LogP contribution in [0.5, 0.6) is 0 Å². The summed E-state index contributed by atoms with van der Waals surface area (Å²) in [7, 11) is 1.64. The highest BCUT2D eigenvalue weighted by Crippen LogP contribution is 2.34. The van der Waals surface area contributed by atoms with Gasteiger partial charge in [0.1, 0.15) is 4.88 Å². The van der Waals surface area contributed by atoms with Crippen LogP contribution in [0.1, 0.15) is 45.1 Å². The van der Waals surface area contributed by atoms with Gasteiger partial charge in [0.15, 0.2) is 5.13 Å². The number of carbonyl (C=O) groups excluding carboxylic acids is 2. The molecule has 0 unspecified atom stereocenters. The van der Waals surface area contributed by atoms with Crippen molar-refractivity contribution in [2.45, 2.75) is 38.3 Å². The lowest BCUT2D eigenvalue weighted by Crippen LogP contribution is -2.48. The number of hydrogen-bond acceptors (Lipinski definition) is 6. The van der Waals surface area contributed by atoms with Gasteiger partial charge in [-0.25, -0.2) is 4.98 Å². The molecule has 8 nitrogen and oxygen atoms in total. The summed E-state index contributed by atoms with van der Waals surface area (Å²) < 4.78 is 5.81. The van der Waals surface area contributed by atoms with Crippen molar-refractivity contribution < 1.29 is 14.3 Å². The van der Waals surface area contributed by atoms with Crippen molar-refractivity contribution in [1.29, 1.82) is 0 Å². The van der Waals surface area contributed by atoms with Crippen LogP contribution in [0.2, 0.25) is 0 Å². The summed E-state index contributed by atoms with van der Waals surface area (Å²) in [4.78, 5) is 35.8. The highest BCUT2D eigenvalue weighted by atomic mass is 32.1. The van der Waals surface area contributed by atoms with Gasteiger partial charge in [-0.15, -0.1) is 0 Å². The maximum absolute atomic E-state index is 12.6. The van der Waals surface area contributed by atoms with Crippen LogP contribution in [0.15, 0.2) is 24.4 Å². The lowest BCUT2D eigenvalue weighted by Gasteiger charge is -2.35. The van der Waals surface area contributed by atoms with Crippen LogP contribution in [0.3, 0.4) is 0 Å². The Balaban J connectivity index is 1.44. The van der Waals surface area contributed by atoms with E-state index in [0.29, 0.717) is 23.7 Å². The second-order valence-electron chi connectivity index (χ2n) is 9.07. The fourth-order valence-electron chi connectivity index (χ4n) is 4.55. The van der Waals surface area contributed by atoms with E-state index in [9.17, 15) is 9.59 Å². The molecule has 1 saturated heterocycles. The molecular formula is C23H27N5O3S. The summed E-state index contributed by atoms with van der Waals surface area (Å²) in [5.41, 5.74) is 3.36. The Morgan fingerprint density at radius 3 is 3.06 bits per heavy atom. The number of thiazole rings is 1. The Hall–Kier alpha value is -2.91. The summed E-state index contributed by atoms with van der Waals surface area (Å²) >= 11 is 1.47. The van der Waals surface area contributed by atoms with E-state index in [1.807, 2.05) is 38.2 Å². The molecule has 4 heterocycles. The first kappa shape index (κ1) is 21.0. The van der Waals surface area contributed by atoms with Crippen LogP contribution < -0.4 is 15.5 Å². The molecule has 1 fully saturated rings. The Morgan fingerprint density at radius 2 is 2.25 bits per heavy atom. The molecule has 0 bridgehead atoms. The van der Waals surface area contributed by atoms with Gasteiger partial charge in [0.2, 0.25) is 0 Å². The van der Waals surface area contributed by atoms with E-state index in [0.717, 1.165) is 46.7 Å². The molecule has 2 aromatic heterocycles. The average molecular weight is 454 g/mol. The van der Waals surface area contributed by atoms with E-state index in [-0.39, 0.29) is 23.4 Å². The monoisotopic (exact) mass is 453 g/mol. The van der Waals surface area contributed by atoms with Gasteiger partial charge in [0.05, 0.1) is 24.9 Å². The van der Waals surface area contributed by atoms with Crippen molar-refractivity contribution in [2.75, 3.05) is 31.7 Å². The molecule has 0 saturated carbocycles. The fourth-order valence-corrected chi connectivity index (χ4v) is 5.62. The third kappa shape index (κ3) is 3.75. The van der Waals surface area contributed by atoms with Crippen molar-refractivity contribution in [3.63, 3.8) is 0 Å². The first-order valence-corrected chi connectivity index (χ1v) is 11.6. The van der Waals surface area contributed by atoms with Crippen molar-refractivity contribution in [1.82, 2.24) is 20.6 Å². The number of ether oxygens (including phenoxy) is 1. The van der Waals surface area contributed by atoms with E-state index >= 15 is 0 Å². The Labute approximate surface area is 190 Å². The number of rotatable bonds is 4. The number of nitrogens with zero attached hydrogens (tertiary/aromatic N) is 2. The third-order valence-electron chi connectivity index (χ3n) is 6.14. The minimum Gasteiger partial charge on any atom is -0.377 e. The van der Waals surface area contributed by atoms with E-state index in [2.05, 4.69) is 20.5 Å². The SMILES string of the molecule is CNC(=O)c1ccc2[nH]cc(C[C@H]3COCCN3c3nc4c(s3)C(=O)NC(C)(C)C4)c2c1. The molecule has 9 heteroatoms. The zero-order valence-electron chi connectivity index (χ0n) is 18.4. The Kier molecular flexibility index (Phi) is 5.17. The molecule has 1 aromatic carbocycles. The summed E-state index contributed by atoms with van der Waals surface area (Å²) in [6.07, 6.45) is 3.48. The number of benzene rings is 1. The second-order valence-corrected chi connectivity index (χ2v) is 10.0. The molecule has 32 heavy (non-hydrogen) atoms. The Bertz CT molecular complexity index is 1200. The summed E-state index contributed by atoms with van der Waals surface area (Å²) in [5, 5.41) is 7.67. The van der Waals surface area contributed by atoms with E-state index in [1.54, 1.807) is 7.05 Å². The number of carbonyl (C=O) groups is 2. The van der Waals surface area contributed by atoms with Gasteiger partial charge < -0.3 is 25.3 Å². The average Bonchev–Trinajstić information content (AvgIpc) is 3.37. The van der Waals surface area contributed by atoms with E-state index < -0.39 is 0 Å². The van der Waals surface area contributed by atoms with Crippen LogP contribution >= 0.6 is 11.3 Å². The maximum atomic E-state index is 12.6. The molecule has 1 atom stereocenters. The lowest BCUT2D eigenvalue weighted by atomic mass is 9.94. The third-order valence-corrected chi connectivity index (χ3v) is 7.27. The molecule has 3 aromatic rings. The number of H-pyrrole nitrogens is 1. The normalized spacial score (nSPS) is 20.2. The van der Waals surface area contributed by atoms with Crippen molar-refractivity contribution in [2.24, 2.45) is 0 Å². The summed E-state index contributed by atoms with van der Waals surface area (Å²) in [5.74, 6) is -0.139. The molecule has 0 aliphatic carbocycles. The van der Waals surface area contributed by atoms with Crippen LogP contribution in [-0.4, -0.2) is 60.2 Å². The van der Waals surface area contributed by atoms with Crippen LogP contribution in [0.25, 0.3) is 10.9 Å². The second kappa shape index (κ2) is 7.90. The molecule has 2 aliphatic heterocycles. The number of nitrogens with one attached hydrogen (secondary N) is 3. The quantitative estimate of drug-likeness (QED) is 0.564. The predicted molar refractivity (Wildman–Crippen MR) is 125 cm³/mol. The molecule has 3 N–H and O–H groups in total. The minimum absolute atomic E-state index is 0.0387. The van der Waals surface area contributed by atoms with Gasteiger partial charge in [0.25, 0.3) is 11.8 Å². The molecule has 168 valence electrons. The molecule has 0 spiro atoms. The smallest absolute Gasteiger partial charge is 0.263 e. The van der Waals surface area contributed by atoms with Gasteiger partial charge in [0, 0.05) is 48.2 Å². The number of morpholine rings is 1. The van der Waals surface area contributed by atoms with Crippen LogP contribution in [-0.2, 0) is 17.6 Å². The van der Waals surface area contributed by atoms with E-state index in [4.69, 9.17) is 9.72 Å². The molecule has 0 radical (unpaired) electrons. The van der Waals surface area contributed by atoms with Gasteiger partial charge in [-0.05, 0) is 44.0 Å². The largest absolute Gasteiger partial charge is 0.377 e. The van der Waals surface area contributed by atoms with Crippen molar-refractivity contribution in [3.8, 4) is 0 Å². The van der Waals surface area contributed by atoms with Crippen molar-refractivity contribution >= 4 is 39.2 Å². The molecular weight excluding hydrogens is 426 g/mol. The summed E-state index contributed by atoms with van der Waals surface area (Å²) in [6, 6.07) is 5.79. The highest BCUT2D eigenvalue weighted by molar-refractivity contribution is 7.17. The van der Waals surface area contributed by atoms with Gasteiger partial charge in [-0.2, -0.15) is 0 Å². The molecule has 2 aliphatic rings. The molecule has 5 rings (SSSR count). The zero-order chi connectivity index (χ0) is 22.5. The molecule has 2 amide bonds. The maximum Gasteiger partial charge on any atom is 0.263 e. The minimum atomic E-state index is -0.285. The first-order chi connectivity index (χ1) is 15.3. The number of amides is 2. The number of aromatic amines is 1. The summed E-state index contributed by atoms with van der Waals surface area (Å²) in [6.45, 7) is 5.99. The fraction of sp³-hybridized carbons (Fsp3) is 0.435. The zero-order valence-corrected chi connectivity index (χ0v) is 19.3. The number of anilines is 1. The predicted octanol–water partition coefficient (Wildman–Crippen LogP) is 2.50.